The Hall–Kier alpha value is -9.12. The smallest absolute Gasteiger partial charge is 0.194 e. The molecule has 3 saturated carbocycles. The highest BCUT2D eigenvalue weighted by atomic mass is 32.2. The van der Waals surface area contributed by atoms with Crippen LogP contribution in [0.3, 0.4) is 0 Å². The lowest BCUT2D eigenvalue weighted by atomic mass is 9.93. The molecule has 3 aliphatic heterocycles. The second-order valence-electron chi connectivity index (χ2n) is 25.9. The number of nitrogens with one attached hydrogen (secondary N) is 3. The number of fused-ring (bicyclic) bond motifs is 3. The molecule has 0 atom stereocenters. The second-order valence-corrected chi connectivity index (χ2v) is 27.9. The van der Waals surface area contributed by atoms with Crippen molar-refractivity contribution in [2.24, 2.45) is 0 Å². The summed E-state index contributed by atoms with van der Waals surface area (Å²) in [7, 11) is -3.35. The van der Waals surface area contributed by atoms with Crippen molar-refractivity contribution in [3.63, 3.8) is 0 Å². The van der Waals surface area contributed by atoms with Crippen molar-refractivity contribution in [1.82, 2.24) is 60.0 Å². The van der Waals surface area contributed by atoms with Gasteiger partial charge in [-0.05, 0) is 128 Å². The van der Waals surface area contributed by atoms with E-state index in [-0.39, 0.29) is 41.2 Å². The standard InChI is InChI=1S/C24H29FN6O2.C24H30N6O2.C23H28N6O4S/c1-2-19-22(25)24(29-15-28-19)30-16-3-5-18(6-4-16)33-21-14-17(31-9-11-32-12-10-31)13-20-23(21)27-8-7-26-20;1-16-13-23(28-17(2)27-16)29-18-3-5-20(6-4-18)32-22-15-19(30-9-11-31-12-10-30)14-21-24(22)26-8-7-25-21;1-34(30,31)22-7-6-21(27-28-22)26-16-2-4-18(5-3-16)33-20-15-17(29-10-12-32-13-11-29)14-19-23(20)25-9-8-24-19/h7-8,13-16,18H,2-6,9-12H2,1H3,(H,28,29,30);7-8,13-15,18,20H,3-6,9-12H2,1-2H3,(H,27,28,29);6-9,14-16,18H,2-5,10-13H2,1H3,(H,26,27). The number of benzene rings is 3. The van der Waals surface area contributed by atoms with Gasteiger partial charge in [0.25, 0.3) is 0 Å². The summed E-state index contributed by atoms with van der Waals surface area (Å²) in [5.41, 5.74) is 9.65. The molecule has 6 aliphatic rings. The molecule has 9 aromatic rings. The number of anilines is 6. The Morgan fingerprint density at radius 3 is 1.27 bits per heavy atom. The van der Waals surface area contributed by atoms with Crippen LogP contribution in [0.2, 0.25) is 0 Å². The van der Waals surface area contributed by atoms with Gasteiger partial charge >= 0.3 is 0 Å². The fraction of sp³-hybridized carbons (Fsp3) is 0.493. The van der Waals surface area contributed by atoms with Crippen molar-refractivity contribution in [3.05, 3.63) is 121 Å². The van der Waals surface area contributed by atoms with Crippen LogP contribution in [0.1, 0.15) is 101 Å². The quantitative estimate of drug-likeness (QED) is 0.0764. The van der Waals surface area contributed by atoms with Crippen LogP contribution < -0.4 is 44.9 Å². The van der Waals surface area contributed by atoms with Crippen molar-refractivity contribution < 1.29 is 41.2 Å². The molecule has 0 unspecified atom stereocenters. The molecule has 3 saturated heterocycles. The minimum atomic E-state index is -3.35. The van der Waals surface area contributed by atoms with Crippen LogP contribution in [-0.4, -0.2) is 190 Å². The number of rotatable bonds is 17. The lowest BCUT2D eigenvalue weighted by Gasteiger charge is -2.31. The molecule has 15 rings (SSSR count). The first-order valence-electron chi connectivity index (χ1n) is 34.7. The van der Waals surface area contributed by atoms with E-state index in [2.05, 4.69) is 127 Å². The Labute approximate surface area is 576 Å². The topological polar surface area (TPSA) is 290 Å². The SMILES string of the molecule is CCc1ncnc(NC2CCC(Oc3cc(N4CCOCC4)cc4nccnc34)CC2)c1F.CS(=O)(=O)c1ccc(NC2CCC(Oc3cc(N4CCOCC4)cc4nccnc34)CC2)nn1.Cc1cc(NC2CCC(Oc3cc(N4CCOCC4)cc4nccnc34)CC2)nc(C)n1. The Kier molecular flexibility index (Phi) is 22.3. The zero-order valence-electron chi connectivity index (χ0n) is 56.6. The average Bonchev–Trinajstić information content (AvgIpc) is 0.959. The molecule has 3 N–H and O–H groups in total. The number of sulfone groups is 1. The van der Waals surface area contributed by atoms with Crippen LogP contribution in [0.15, 0.2) is 103 Å². The van der Waals surface area contributed by atoms with Crippen LogP contribution in [0.5, 0.6) is 17.2 Å². The van der Waals surface area contributed by atoms with E-state index in [1.54, 1.807) is 43.2 Å². The third-order valence-corrected chi connectivity index (χ3v) is 19.8. The number of hydrogen-bond acceptors (Lipinski definition) is 26. The maximum absolute atomic E-state index is 14.5. The van der Waals surface area contributed by atoms with Gasteiger partial charge in [0, 0.05) is 148 Å². The van der Waals surface area contributed by atoms with E-state index in [0.717, 1.165) is 234 Å². The number of ether oxygens (including phenoxy) is 6. The largest absolute Gasteiger partial charge is 0.488 e. The summed E-state index contributed by atoms with van der Waals surface area (Å²) in [4.78, 5) is 51.1. The molecule has 0 bridgehead atoms. The lowest BCUT2D eigenvalue weighted by molar-refractivity contribution is 0.122. The molecule has 0 amide bonds. The van der Waals surface area contributed by atoms with Crippen LogP contribution in [0.25, 0.3) is 33.1 Å². The molecule has 3 aliphatic carbocycles. The molecule has 522 valence electrons. The van der Waals surface area contributed by atoms with Crippen molar-refractivity contribution in [2.45, 2.75) is 146 Å². The minimum Gasteiger partial charge on any atom is -0.488 e. The summed E-state index contributed by atoms with van der Waals surface area (Å²) in [6.45, 7) is 15.3. The Balaban J connectivity index is 0.000000133. The first-order chi connectivity index (χ1) is 48.3. The molecule has 99 heavy (non-hydrogen) atoms. The molecule has 0 spiro atoms. The molecule has 9 heterocycles. The zero-order valence-corrected chi connectivity index (χ0v) is 57.5. The number of aromatic nitrogens is 12. The van der Waals surface area contributed by atoms with Crippen LogP contribution in [-0.2, 0) is 30.5 Å². The molecule has 0 radical (unpaired) electrons. The van der Waals surface area contributed by atoms with E-state index >= 15 is 0 Å². The van der Waals surface area contributed by atoms with Gasteiger partial charge < -0.3 is 59.1 Å². The highest BCUT2D eigenvalue weighted by Crippen LogP contribution is 2.38. The monoisotopic (exact) mass is 1370 g/mol. The summed E-state index contributed by atoms with van der Waals surface area (Å²) in [6, 6.07) is 18.5. The fourth-order valence-corrected chi connectivity index (χ4v) is 14.1. The Bertz CT molecular complexity index is 4260. The lowest BCUT2D eigenvalue weighted by Crippen LogP contribution is -2.36. The first kappa shape index (κ1) is 68.4. The molecule has 28 heteroatoms. The van der Waals surface area contributed by atoms with Gasteiger partial charge in [0.1, 0.15) is 57.6 Å². The van der Waals surface area contributed by atoms with Gasteiger partial charge in [-0.1, -0.05) is 6.92 Å². The highest BCUT2D eigenvalue weighted by molar-refractivity contribution is 7.90. The summed E-state index contributed by atoms with van der Waals surface area (Å²) in [5, 5.41) is 18.0. The predicted octanol–water partition coefficient (Wildman–Crippen LogP) is 9.90. The molecular formula is C71H87FN18O8S. The molecule has 3 aromatic carbocycles. The van der Waals surface area contributed by atoms with E-state index < -0.39 is 9.84 Å². The zero-order chi connectivity index (χ0) is 68.1. The summed E-state index contributed by atoms with van der Waals surface area (Å²) < 4.78 is 73.6. The van der Waals surface area contributed by atoms with Gasteiger partial charge in [-0.15, -0.1) is 10.2 Å². The summed E-state index contributed by atoms with van der Waals surface area (Å²) in [5.74, 6) is 4.62. The van der Waals surface area contributed by atoms with E-state index in [1.165, 1.54) is 12.4 Å². The fourth-order valence-electron chi connectivity index (χ4n) is 13.6. The van der Waals surface area contributed by atoms with E-state index in [9.17, 15) is 12.8 Å². The minimum absolute atomic E-state index is 0.0233. The summed E-state index contributed by atoms with van der Waals surface area (Å²) >= 11 is 0. The third kappa shape index (κ3) is 17.8. The predicted molar refractivity (Wildman–Crippen MR) is 377 cm³/mol. The molecule has 6 aromatic heterocycles. The average molecular weight is 1370 g/mol. The van der Waals surface area contributed by atoms with Crippen LogP contribution in [0, 0.1) is 19.7 Å². The number of aryl methyl sites for hydroxylation is 3. The normalized spacial score (nSPS) is 21.4. The van der Waals surface area contributed by atoms with Crippen molar-refractivity contribution in [1.29, 1.82) is 0 Å². The maximum Gasteiger partial charge on any atom is 0.194 e. The number of halogens is 1. The van der Waals surface area contributed by atoms with Gasteiger partial charge in [-0.25, -0.2) is 47.7 Å². The van der Waals surface area contributed by atoms with E-state index in [4.69, 9.17) is 28.4 Å². The van der Waals surface area contributed by atoms with E-state index in [0.29, 0.717) is 43.0 Å². The van der Waals surface area contributed by atoms with Crippen LogP contribution in [0.4, 0.5) is 38.9 Å². The number of nitrogens with zero attached hydrogens (tertiary/aromatic N) is 15. The van der Waals surface area contributed by atoms with Gasteiger partial charge in [0.15, 0.2) is 26.5 Å². The molecule has 6 fully saturated rings. The Morgan fingerprint density at radius 1 is 0.485 bits per heavy atom. The second kappa shape index (κ2) is 32.3. The van der Waals surface area contributed by atoms with Gasteiger partial charge in [-0.3, -0.25) is 15.0 Å². The van der Waals surface area contributed by atoms with E-state index in [1.807, 2.05) is 26.8 Å². The van der Waals surface area contributed by atoms with Gasteiger partial charge in [0.05, 0.1) is 80.2 Å². The maximum atomic E-state index is 14.5. The van der Waals surface area contributed by atoms with Crippen molar-refractivity contribution >= 4 is 77.5 Å². The van der Waals surface area contributed by atoms with Crippen molar-refractivity contribution in [2.75, 3.05) is 116 Å². The molecule has 26 nitrogen and oxygen atoms in total. The third-order valence-electron chi connectivity index (χ3n) is 18.8. The van der Waals surface area contributed by atoms with Gasteiger partial charge in [-0.2, -0.15) is 0 Å². The highest BCUT2D eigenvalue weighted by Gasteiger charge is 2.29. The first-order valence-corrected chi connectivity index (χ1v) is 36.6. The van der Waals surface area contributed by atoms with Crippen LogP contribution >= 0.6 is 0 Å². The van der Waals surface area contributed by atoms with Crippen molar-refractivity contribution in [3.8, 4) is 17.2 Å². The number of morpholine rings is 3. The van der Waals surface area contributed by atoms with Gasteiger partial charge in [0.2, 0.25) is 0 Å². The molecular weight excluding hydrogens is 1280 g/mol. The number of hydrogen-bond donors (Lipinski definition) is 3. The Morgan fingerprint density at radius 2 is 0.889 bits per heavy atom. The summed E-state index contributed by atoms with van der Waals surface area (Å²) in [6.07, 6.45) is 24.9.